The van der Waals surface area contributed by atoms with Gasteiger partial charge in [0, 0.05) is 11.3 Å². The highest BCUT2D eigenvalue weighted by Crippen LogP contribution is 2.53. The molecule has 0 radical (unpaired) electrons. The molecule has 0 saturated heterocycles. The Morgan fingerprint density at radius 3 is 2.54 bits per heavy atom. The fourth-order valence-electron chi connectivity index (χ4n) is 4.99. The second kappa shape index (κ2) is 5.68. The fraction of sp³-hybridized carbons (Fsp3) is 0.500. The Bertz CT molecular complexity index is 828. The van der Waals surface area contributed by atoms with Crippen LogP contribution >= 0.6 is 0 Å². The van der Waals surface area contributed by atoms with Crippen molar-refractivity contribution in [3.8, 4) is 0 Å². The number of aliphatic hydroxyl groups excluding tert-OH is 1. The van der Waals surface area contributed by atoms with E-state index in [2.05, 4.69) is 51.7 Å². The van der Waals surface area contributed by atoms with Crippen molar-refractivity contribution < 1.29 is 10.2 Å². The third-order valence-electron chi connectivity index (χ3n) is 6.74. The monoisotopic (exact) mass is 350 g/mol. The minimum atomic E-state index is -0.818. The first kappa shape index (κ1) is 17.8. The Balaban J connectivity index is 1.80. The molecule has 26 heavy (non-hydrogen) atoms. The minimum absolute atomic E-state index is 0.0637. The zero-order valence-corrected chi connectivity index (χ0v) is 16.3. The third kappa shape index (κ3) is 2.62. The predicted octanol–water partition coefficient (Wildman–Crippen LogP) is 4.79. The average Bonchev–Trinajstić information content (AvgIpc) is 2.56. The molecule has 0 spiro atoms. The molecular weight excluding hydrogens is 320 g/mol. The Morgan fingerprint density at radius 2 is 1.85 bits per heavy atom. The van der Waals surface area contributed by atoms with Crippen molar-refractivity contribution in [1.29, 1.82) is 0 Å². The molecule has 2 nitrogen and oxygen atoms in total. The lowest BCUT2D eigenvalue weighted by Gasteiger charge is -2.46. The summed E-state index contributed by atoms with van der Waals surface area (Å²) in [4.78, 5) is 0. The summed E-state index contributed by atoms with van der Waals surface area (Å²) < 4.78 is 0. The molecule has 0 aromatic heterocycles. The van der Waals surface area contributed by atoms with Crippen molar-refractivity contribution >= 4 is 0 Å². The highest BCUT2D eigenvalue weighted by molar-refractivity contribution is 5.65. The van der Waals surface area contributed by atoms with Crippen LogP contribution in [0.5, 0.6) is 0 Å². The second-order valence-electron chi connectivity index (χ2n) is 9.24. The average molecular weight is 351 g/mol. The molecule has 4 unspecified atom stereocenters. The Morgan fingerprint density at radius 1 is 1.12 bits per heavy atom. The molecule has 0 amide bonds. The maximum atomic E-state index is 10.7. The minimum Gasteiger partial charge on any atom is -0.389 e. The first-order valence-corrected chi connectivity index (χ1v) is 9.82. The van der Waals surface area contributed by atoms with E-state index in [9.17, 15) is 10.2 Å². The summed E-state index contributed by atoms with van der Waals surface area (Å²) in [6, 6.07) is 0. The van der Waals surface area contributed by atoms with E-state index in [0.717, 1.165) is 30.4 Å². The molecule has 0 heterocycles. The Labute approximate surface area is 157 Å². The molecule has 4 aliphatic carbocycles. The summed E-state index contributed by atoms with van der Waals surface area (Å²) in [5.41, 5.74) is 6.26. The number of allylic oxidation sites excluding steroid dienone is 8. The molecule has 0 aromatic rings. The van der Waals surface area contributed by atoms with E-state index in [1.54, 1.807) is 0 Å². The summed E-state index contributed by atoms with van der Waals surface area (Å²) >= 11 is 0. The van der Waals surface area contributed by atoms with Gasteiger partial charge in [-0.05, 0) is 65.5 Å². The first-order chi connectivity index (χ1) is 12.1. The molecule has 2 N–H and O–H groups in total. The van der Waals surface area contributed by atoms with E-state index in [1.807, 2.05) is 13.0 Å². The van der Waals surface area contributed by atoms with Gasteiger partial charge in [0.25, 0.3) is 0 Å². The highest BCUT2D eigenvalue weighted by atomic mass is 16.3. The van der Waals surface area contributed by atoms with Crippen LogP contribution in [0.1, 0.15) is 47.0 Å². The molecule has 0 aromatic carbocycles. The van der Waals surface area contributed by atoms with Gasteiger partial charge in [-0.2, -0.15) is 0 Å². The van der Waals surface area contributed by atoms with Gasteiger partial charge in [0.1, 0.15) is 0 Å². The highest BCUT2D eigenvalue weighted by Gasteiger charge is 2.44. The second-order valence-corrected chi connectivity index (χ2v) is 9.24. The zero-order chi connectivity index (χ0) is 18.9. The molecule has 4 aliphatic rings. The molecule has 1 fully saturated rings. The van der Waals surface area contributed by atoms with E-state index in [1.165, 1.54) is 22.3 Å². The van der Waals surface area contributed by atoms with Gasteiger partial charge in [-0.25, -0.2) is 0 Å². The van der Waals surface area contributed by atoms with Crippen LogP contribution in [-0.2, 0) is 0 Å². The quantitative estimate of drug-likeness (QED) is 0.714. The van der Waals surface area contributed by atoms with Crippen molar-refractivity contribution in [1.82, 2.24) is 0 Å². The van der Waals surface area contributed by atoms with E-state index in [0.29, 0.717) is 5.92 Å². The molecule has 2 heteroatoms. The standard InChI is InChI=1S/C24H30O2/c1-14(2)20-12-19(25)9-17-8-16-11-22-15(3)24(5,26)7-6-23(22,4)13-18(16)10-21(17)20/h8,10-14,17,19,25-26H,3,6-7,9H2,1-2,4-5H3. The molecular formula is C24H30O2. The molecule has 0 bridgehead atoms. The van der Waals surface area contributed by atoms with Crippen molar-refractivity contribution in [2.75, 3.05) is 0 Å². The van der Waals surface area contributed by atoms with Gasteiger partial charge in [-0.1, -0.05) is 57.7 Å². The van der Waals surface area contributed by atoms with E-state index >= 15 is 0 Å². The topological polar surface area (TPSA) is 40.5 Å². The molecule has 138 valence electrons. The van der Waals surface area contributed by atoms with E-state index < -0.39 is 5.60 Å². The van der Waals surface area contributed by atoms with E-state index in [4.69, 9.17) is 0 Å². The van der Waals surface area contributed by atoms with Crippen LogP contribution in [0.15, 0.2) is 70.4 Å². The number of fused-ring (bicyclic) bond motifs is 3. The predicted molar refractivity (Wildman–Crippen MR) is 106 cm³/mol. The summed E-state index contributed by atoms with van der Waals surface area (Å²) in [7, 11) is 0. The van der Waals surface area contributed by atoms with Crippen molar-refractivity contribution in [3.63, 3.8) is 0 Å². The van der Waals surface area contributed by atoms with Crippen molar-refractivity contribution in [3.05, 3.63) is 70.4 Å². The van der Waals surface area contributed by atoms with Crippen molar-refractivity contribution in [2.45, 2.75) is 58.7 Å². The lowest BCUT2D eigenvalue weighted by atomic mass is 9.60. The molecule has 0 aliphatic heterocycles. The lowest BCUT2D eigenvalue weighted by molar-refractivity contribution is 0.0657. The van der Waals surface area contributed by atoms with Crippen LogP contribution in [-0.4, -0.2) is 21.9 Å². The summed E-state index contributed by atoms with van der Waals surface area (Å²) in [6.45, 7) is 12.8. The largest absolute Gasteiger partial charge is 0.389 e. The van der Waals surface area contributed by atoms with Gasteiger partial charge in [0.2, 0.25) is 0 Å². The van der Waals surface area contributed by atoms with Gasteiger partial charge < -0.3 is 10.2 Å². The zero-order valence-electron chi connectivity index (χ0n) is 16.3. The first-order valence-electron chi connectivity index (χ1n) is 9.82. The van der Waals surface area contributed by atoms with Crippen LogP contribution in [0.2, 0.25) is 0 Å². The molecule has 4 rings (SSSR count). The van der Waals surface area contributed by atoms with Crippen LogP contribution in [0.4, 0.5) is 0 Å². The van der Waals surface area contributed by atoms with Crippen LogP contribution in [0.3, 0.4) is 0 Å². The van der Waals surface area contributed by atoms with Gasteiger partial charge >= 0.3 is 0 Å². The number of aliphatic hydroxyl groups is 2. The van der Waals surface area contributed by atoms with Crippen LogP contribution < -0.4 is 0 Å². The number of rotatable bonds is 1. The maximum Gasteiger partial charge on any atom is 0.0866 e. The van der Waals surface area contributed by atoms with Gasteiger partial charge in [0.15, 0.2) is 0 Å². The van der Waals surface area contributed by atoms with Crippen LogP contribution in [0.25, 0.3) is 0 Å². The number of hydrogen-bond acceptors (Lipinski definition) is 2. The Kier molecular flexibility index (Phi) is 3.88. The van der Waals surface area contributed by atoms with Gasteiger partial charge in [-0.15, -0.1) is 0 Å². The molecule has 1 saturated carbocycles. The Hall–Kier alpha value is -1.64. The van der Waals surface area contributed by atoms with Gasteiger partial charge in [-0.3, -0.25) is 0 Å². The third-order valence-corrected chi connectivity index (χ3v) is 6.74. The summed E-state index contributed by atoms with van der Waals surface area (Å²) in [6.07, 6.45) is 13.3. The maximum absolute atomic E-state index is 10.7. The summed E-state index contributed by atoms with van der Waals surface area (Å²) in [5.74, 6) is 0.669. The lowest BCUT2D eigenvalue weighted by Crippen LogP contribution is -2.40. The normalized spacial score (nSPS) is 39.0. The smallest absolute Gasteiger partial charge is 0.0866 e. The summed E-state index contributed by atoms with van der Waals surface area (Å²) in [5, 5.41) is 21.0. The van der Waals surface area contributed by atoms with Crippen molar-refractivity contribution in [2.24, 2.45) is 17.3 Å². The van der Waals surface area contributed by atoms with E-state index in [-0.39, 0.29) is 17.4 Å². The number of hydrogen-bond donors (Lipinski definition) is 2. The fourth-order valence-corrected chi connectivity index (χ4v) is 4.99. The molecule has 4 atom stereocenters. The van der Waals surface area contributed by atoms with Gasteiger partial charge in [0.05, 0.1) is 11.7 Å². The van der Waals surface area contributed by atoms with Crippen LogP contribution in [0, 0.1) is 17.3 Å². The SMILES string of the molecule is C=C1C2=CC3=CC4CC(O)C=C(C(C)C)C4=CC3=CC2(C)CCC1(C)O.